The second-order valence-electron chi connectivity index (χ2n) is 2.91. The van der Waals surface area contributed by atoms with Crippen LogP contribution in [0.5, 0.6) is 0 Å². The Morgan fingerprint density at radius 1 is 1.60 bits per heavy atom. The minimum atomic E-state index is -0.541. The second-order valence-corrected chi connectivity index (χ2v) is 5.94. The van der Waals surface area contributed by atoms with Crippen LogP contribution >= 0.6 is 23.5 Å². The molecule has 3 nitrogen and oxygen atoms in total. The summed E-state index contributed by atoms with van der Waals surface area (Å²) in [4.78, 5) is 5.42. The van der Waals surface area contributed by atoms with Gasteiger partial charge in [-0.1, -0.05) is 18.5 Å². The Balaban J connectivity index is 2.37. The van der Waals surface area contributed by atoms with Crippen molar-refractivity contribution in [1.29, 1.82) is 4.78 Å². The van der Waals surface area contributed by atoms with E-state index in [1.165, 1.54) is 11.9 Å². The van der Waals surface area contributed by atoms with Gasteiger partial charge in [-0.15, -0.1) is 0 Å². The van der Waals surface area contributed by atoms with Crippen LogP contribution in [-0.2, 0) is 10.7 Å². The minimum Gasteiger partial charge on any atom is -0.304 e. The predicted molar refractivity (Wildman–Crippen MR) is 68.2 cm³/mol. The fourth-order valence-corrected chi connectivity index (χ4v) is 3.03. The highest BCUT2D eigenvalue weighted by molar-refractivity contribution is 8.05. The Bertz CT molecular complexity index is 445. The van der Waals surface area contributed by atoms with Crippen molar-refractivity contribution in [1.82, 2.24) is 4.72 Å². The van der Waals surface area contributed by atoms with Crippen LogP contribution in [0.4, 0.5) is 5.69 Å². The van der Waals surface area contributed by atoms with Crippen molar-refractivity contribution in [3.63, 3.8) is 0 Å². The fourth-order valence-electron chi connectivity index (χ4n) is 1.14. The summed E-state index contributed by atoms with van der Waals surface area (Å²) in [5.74, 6) is 0.787. The maximum atomic E-state index is 7.79. The summed E-state index contributed by atoms with van der Waals surface area (Å²) in [6, 6.07) is 5.59. The molecular formula is C9H10ClN3S2. The number of fused-ring (bicyclic) bond motifs is 1. The molecular weight excluding hydrogens is 250 g/mol. The van der Waals surface area contributed by atoms with Gasteiger partial charge in [-0.3, -0.25) is 4.78 Å². The number of nitrogens with zero attached hydrogens (tertiary/aromatic N) is 1. The first-order valence-corrected chi connectivity index (χ1v) is 7.02. The molecule has 0 amide bonds. The first-order valence-electron chi connectivity index (χ1n) is 4.44. The van der Waals surface area contributed by atoms with Gasteiger partial charge in [0.25, 0.3) is 0 Å². The Kier molecular flexibility index (Phi) is 3.33. The van der Waals surface area contributed by atoms with Gasteiger partial charge >= 0.3 is 0 Å². The SMILES string of the molecule is CCS(=N)C1=Nc2ccc(Cl)cc2SN1. The van der Waals surface area contributed by atoms with Crippen LogP contribution in [-0.4, -0.2) is 10.9 Å². The molecule has 0 bridgehead atoms. The third-order valence-electron chi connectivity index (χ3n) is 1.91. The van der Waals surface area contributed by atoms with Gasteiger partial charge in [0, 0.05) is 10.8 Å². The maximum Gasteiger partial charge on any atom is 0.182 e. The van der Waals surface area contributed by atoms with Gasteiger partial charge in [0.15, 0.2) is 5.17 Å². The molecule has 0 saturated carbocycles. The van der Waals surface area contributed by atoms with E-state index in [0.29, 0.717) is 5.02 Å². The van der Waals surface area contributed by atoms with E-state index in [2.05, 4.69) is 9.71 Å². The minimum absolute atomic E-state index is 0.541. The zero-order valence-electron chi connectivity index (χ0n) is 8.08. The van der Waals surface area contributed by atoms with Crippen molar-refractivity contribution in [3.05, 3.63) is 23.2 Å². The van der Waals surface area contributed by atoms with Crippen molar-refractivity contribution in [2.75, 3.05) is 5.75 Å². The number of benzene rings is 1. The Hall–Kier alpha value is -0.520. The lowest BCUT2D eigenvalue weighted by Gasteiger charge is -2.16. The molecule has 0 fully saturated rings. The van der Waals surface area contributed by atoms with Gasteiger partial charge < -0.3 is 4.72 Å². The zero-order chi connectivity index (χ0) is 10.8. The van der Waals surface area contributed by atoms with Crippen molar-refractivity contribution in [3.8, 4) is 0 Å². The molecule has 2 rings (SSSR count). The largest absolute Gasteiger partial charge is 0.304 e. The van der Waals surface area contributed by atoms with Crippen LogP contribution in [0.25, 0.3) is 0 Å². The molecule has 2 N–H and O–H groups in total. The Morgan fingerprint density at radius 3 is 3.13 bits per heavy atom. The number of nitrogens with one attached hydrogen (secondary N) is 2. The van der Waals surface area contributed by atoms with Crippen LogP contribution < -0.4 is 4.72 Å². The number of hydrogen-bond donors (Lipinski definition) is 2. The third kappa shape index (κ3) is 2.35. The summed E-state index contributed by atoms with van der Waals surface area (Å²) >= 11 is 7.35. The van der Waals surface area contributed by atoms with E-state index in [9.17, 15) is 0 Å². The number of rotatable bonds is 1. The summed E-state index contributed by atoms with van der Waals surface area (Å²) in [6.45, 7) is 1.99. The van der Waals surface area contributed by atoms with Crippen molar-refractivity contribution in [2.24, 2.45) is 4.99 Å². The van der Waals surface area contributed by atoms with Crippen LogP contribution in [0.1, 0.15) is 6.92 Å². The van der Waals surface area contributed by atoms with Crippen LogP contribution in [0.15, 0.2) is 28.1 Å². The van der Waals surface area contributed by atoms with Crippen LogP contribution in [0, 0.1) is 4.78 Å². The standard InChI is InChI=1S/C9H10ClN3S2/c1-2-15(11)9-12-7-4-3-6(10)5-8(7)14-13-9/h3-5,11H,2H2,1H3,(H,12,13). The predicted octanol–water partition coefficient (Wildman–Crippen LogP) is 3.34. The number of amidine groups is 1. The molecule has 1 aromatic rings. The highest BCUT2D eigenvalue weighted by Crippen LogP contribution is 2.33. The van der Waals surface area contributed by atoms with E-state index in [4.69, 9.17) is 16.4 Å². The van der Waals surface area contributed by atoms with E-state index in [-0.39, 0.29) is 0 Å². The molecule has 0 spiro atoms. The first kappa shape index (κ1) is 11.0. The normalized spacial score (nSPS) is 16.3. The molecule has 15 heavy (non-hydrogen) atoms. The highest BCUT2D eigenvalue weighted by Gasteiger charge is 2.14. The lowest BCUT2D eigenvalue weighted by Crippen LogP contribution is -2.23. The molecule has 0 aliphatic carbocycles. The quantitative estimate of drug-likeness (QED) is 0.760. The zero-order valence-corrected chi connectivity index (χ0v) is 10.5. The van der Waals surface area contributed by atoms with E-state index in [0.717, 1.165) is 21.5 Å². The lowest BCUT2D eigenvalue weighted by atomic mass is 10.3. The number of halogens is 1. The number of aliphatic imine (C=N–C) groups is 1. The smallest absolute Gasteiger partial charge is 0.182 e. The molecule has 1 aliphatic heterocycles. The second kappa shape index (κ2) is 4.55. The molecule has 0 saturated heterocycles. The molecule has 0 aromatic heterocycles. The van der Waals surface area contributed by atoms with Gasteiger partial charge in [-0.25, -0.2) is 4.99 Å². The molecule has 1 heterocycles. The topological polar surface area (TPSA) is 48.2 Å². The average Bonchev–Trinajstić information content (AvgIpc) is 2.27. The first-order chi connectivity index (χ1) is 7.20. The van der Waals surface area contributed by atoms with Gasteiger partial charge in [-0.2, -0.15) is 0 Å². The van der Waals surface area contributed by atoms with E-state index < -0.39 is 10.7 Å². The van der Waals surface area contributed by atoms with Gasteiger partial charge in [0.2, 0.25) is 0 Å². The average molecular weight is 260 g/mol. The van der Waals surface area contributed by atoms with Gasteiger partial charge in [0.05, 0.1) is 10.6 Å². The van der Waals surface area contributed by atoms with E-state index in [1.807, 2.05) is 25.1 Å². The molecule has 1 unspecified atom stereocenters. The van der Waals surface area contributed by atoms with E-state index in [1.54, 1.807) is 0 Å². The Morgan fingerprint density at radius 2 is 2.40 bits per heavy atom. The molecule has 6 heteroatoms. The molecule has 1 aliphatic rings. The Labute approximate surface area is 100 Å². The lowest BCUT2D eigenvalue weighted by molar-refractivity contribution is 1.30. The summed E-state index contributed by atoms with van der Waals surface area (Å²) in [6.07, 6.45) is 0. The summed E-state index contributed by atoms with van der Waals surface area (Å²) < 4.78 is 10.9. The maximum absolute atomic E-state index is 7.79. The molecule has 1 atom stereocenters. The molecule has 1 aromatic carbocycles. The van der Waals surface area contributed by atoms with Gasteiger partial charge in [-0.05, 0) is 40.8 Å². The number of hydrogen-bond acceptors (Lipinski definition) is 4. The van der Waals surface area contributed by atoms with Crippen LogP contribution in [0.2, 0.25) is 5.02 Å². The van der Waals surface area contributed by atoms with E-state index >= 15 is 0 Å². The molecule has 80 valence electrons. The highest BCUT2D eigenvalue weighted by atomic mass is 35.5. The van der Waals surface area contributed by atoms with Gasteiger partial charge in [0.1, 0.15) is 0 Å². The summed E-state index contributed by atoms with van der Waals surface area (Å²) in [7, 11) is -0.541. The third-order valence-corrected chi connectivity index (χ3v) is 4.36. The van der Waals surface area contributed by atoms with Crippen molar-refractivity contribution < 1.29 is 0 Å². The van der Waals surface area contributed by atoms with Crippen molar-refractivity contribution >= 4 is 45.1 Å². The summed E-state index contributed by atoms with van der Waals surface area (Å²) in [5, 5.41) is 1.46. The summed E-state index contributed by atoms with van der Waals surface area (Å²) in [5.41, 5.74) is 0.899. The molecule has 0 radical (unpaired) electrons. The van der Waals surface area contributed by atoms with Crippen LogP contribution in [0.3, 0.4) is 0 Å². The van der Waals surface area contributed by atoms with Crippen molar-refractivity contribution in [2.45, 2.75) is 11.8 Å². The fraction of sp³-hybridized carbons (Fsp3) is 0.222. The monoisotopic (exact) mass is 259 g/mol.